The van der Waals surface area contributed by atoms with Crippen LogP contribution in [0.2, 0.25) is 0 Å². The van der Waals surface area contributed by atoms with E-state index < -0.39 is 12.1 Å². The number of para-hydroxylation sites is 1. The molecule has 0 aliphatic carbocycles. The van der Waals surface area contributed by atoms with Gasteiger partial charge in [-0.1, -0.05) is 23.4 Å². The van der Waals surface area contributed by atoms with Crippen LogP contribution in [0.1, 0.15) is 30.4 Å². The minimum atomic E-state index is -0.854. The lowest BCUT2D eigenvalue weighted by Crippen LogP contribution is -2.30. The quantitative estimate of drug-likeness (QED) is 0.829. The lowest BCUT2D eigenvalue weighted by atomic mass is 10.1. The van der Waals surface area contributed by atoms with Gasteiger partial charge in [0.2, 0.25) is 0 Å². The standard InChI is InChI=1S/C17H20N2O4/c1-11-15(12(2)23-19-11)9-10-16(20)22-13(3)17(21)18-14-7-5-4-6-8-14/h4-8,13H,9-10H2,1-3H3,(H,18,21)/t13-/m1/s1. The Kier molecular flexibility index (Phi) is 5.51. The summed E-state index contributed by atoms with van der Waals surface area (Å²) in [5, 5.41) is 6.53. The normalized spacial score (nSPS) is 11.8. The highest BCUT2D eigenvalue weighted by atomic mass is 16.5. The second-order valence-electron chi connectivity index (χ2n) is 5.29. The minimum absolute atomic E-state index is 0.172. The van der Waals surface area contributed by atoms with Crippen molar-refractivity contribution in [3.8, 4) is 0 Å². The van der Waals surface area contributed by atoms with Crippen molar-refractivity contribution >= 4 is 17.6 Å². The number of benzene rings is 1. The summed E-state index contributed by atoms with van der Waals surface area (Å²) in [6.07, 6.45) is -0.203. The van der Waals surface area contributed by atoms with Crippen LogP contribution >= 0.6 is 0 Å². The number of nitrogens with one attached hydrogen (secondary N) is 1. The number of hydrogen-bond acceptors (Lipinski definition) is 5. The maximum absolute atomic E-state index is 12.0. The molecule has 0 radical (unpaired) electrons. The van der Waals surface area contributed by atoms with E-state index in [0.717, 1.165) is 11.3 Å². The molecule has 1 amide bonds. The summed E-state index contributed by atoms with van der Waals surface area (Å²) in [4.78, 5) is 23.9. The maximum Gasteiger partial charge on any atom is 0.306 e. The summed E-state index contributed by atoms with van der Waals surface area (Å²) >= 11 is 0. The van der Waals surface area contributed by atoms with Crippen LogP contribution in [-0.4, -0.2) is 23.1 Å². The highest BCUT2D eigenvalue weighted by Crippen LogP contribution is 2.15. The van der Waals surface area contributed by atoms with E-state index >= 15 is 0 Å². The van der Waals surface area contributed by atoms with Gasteiger partial charge < -0.3 is 14.6 Å². The maximum atomic E-state index is 12.0. The van der Waals surface area contributed by atoms with E-state index in [4.69, 9.17) is 9.26 Å². The molecule has 1 atom stereocenters. The molecule has 1 N–H and O–H groups in total. The lowest BCUT2D eigenvalue weighted by molar-refractivity contribution is -0.153. The Hall–Kier alpha value is -2.63. The number of ether oxygens (including phenoxy) is 1. The summed E-state index contributed by atoms with van der Waals surface area (Å²) in [5.74, 6) is -0.0900. The van der Waals surface area contributed by atoms with Crippen LogP contribution in [0.15, 0.2) is 34.9 Å². The predicted molar refractivity (Wildman–Crippen MR) is 84.9 cm³/mol. The summed E-state index contributed by atoms with van der Waals surface area (Å²) in [5.41, 5.74) is 2.34. The molecule has 0 saturated heterocycles. The number of hydrogen-bond donors (Lipinski definition) is 1. The molecule has 0 saturated carbocycles. The Labute approximate surface area is 134 Å². The highest BCUT2D eigenvalue weighted by Gasteiger charge is 2.19. The molecule has 122 valence electrons. The van der Waals surface area contributed by atoms with Crippen LogP contribution in [-0.2, 0) is 20.7 Å². The van der Waals surface area contributed by atoms with Gasteiger partial charge in [0.1, 0.15) is 5.76 Å². The first-order chi connectivity index (χ1) is 11.0. The first-order valence-electron chi connectivity index (χ1n) is 7.44. The first-order valence-corrected chi connectivity index (χ1v) is 7.44. The van der Waals surface area contributed by atoms with Crippen molar-refractivity contribution in [2.45, 2.75) is 39.7 Å². The second-order valence-corrected chi connectivity index (χ2v) is 5.29. The molecule has 0 spiro atoms. The second kappa shape index (κ2) is 7.58. The summed E-state index contributed by atoms with van der Waals surface area (Å²) in [7, 11) is 0. The van der Waals surface area contributed by atoms with Gasteiger partial charge in [-0.05, 0) is 39.3 Å². The third kappa shape index (κ3) is 4.67. The Morgan fingerprint density at radius 3 is 2.57 bits per heavy atom. The third-order valence-electron chi connectivity index (χ3n) is 3.48. The molecule has 0 aliphatic heterocycles. The molecule has 0 aliphatic rings. The molecule has 0 bridgehead atoms. The van der Waals surface area contributed by atoms with Gasteiger partial charge in [-0.15, -0.1) is 0 Å². The number of aryl methyl sites for hydroxylation is 2. The van der Waals surface area contributed by atoms with Crippen molar-refractivity contribution in [1.29, 1.82) is 0 Å². The lowest BCUT2D eigenvalue weighted by Gasteiger charge is -2.13. The van der Waals surface area contributed by atoms with Crippen molar-refractivity contribution in [3.63, 3.8) is 0 Å². The van der Waals surface area contributed by atoms with E-state index in [-0.39, 0.29) is 12.3 Å². The van der Waals surface area contributed by atoms with Crippen LogP contribution in [0.3, 0.4) is 0 Å². The van der Waals surface area contributed by atoms with Gasteiger partial charge in [-0.3, -0.25) is 9.59 Å². The van der Waals surface area contributed by atoms with E-state index in [0.29, 0.717) is 17.9 Å². The molecule has 6 heteroatoms. The molecule has 1 aromatic heterocycles. The molecule has 2 rings (SSSR count). The molecule has 1 heterocycles. The van der Waals surface area contributed by atoms with Gasteiger partial charge in [0, 0.05) is 17.7 Å². The fourth-order valence-corrected chi connectivity index (χ4v) is 2.16. The van der Waals surface area contributed by atoms with Crippen molar-refractivity contribution in [1.82, 2.24) is 5.16 Å². The summed E-state index contributed by atoms with van der Waals surface area (Å²) in [6.45, 7) is 5.18. The molecule has 2 aromatic rings. The minimum Gasteiger partial charge on any atom is -0.453 e. The monoisotopic (exact) mass is 316 g/mol. The topological polar surface area (TPSA) is 81.4 Å². The fraction of sp³-hybridized carbons (Fsp3) is 0.353. The van der Waals surface area contributed by atoms with Gasteiger partial charge in [0.05, 0.1) is 5.69 Å². The fourth-order valence-electron chi connectivity index (χ4n) is 2.16. The SMILES string of the molecule is Cc1noc(C)c1CCC(=O)O[C@H](C)C(=O)Nc1ccccc1. The third-order valence-corrected chi connectivity index (χ3v) is 3.48. The Morgan fingerprint density at radius 1 is 1.26 bits per heavy atom. The Balaban J connectivity index is 1.81. The Bertz CT molecular complexity index is 660. The number of carbonyl (C=O) groups excluding carboxylic acids is 2. The van der Waals surface area contributed by atoms with Crippen LogP contribution < -0.4 is 5.32 Å². The number of aromatic nitrogens is 1. The molecular weight excluding hydrogens is 296 g/mol. The molecule has 0 fully saturated rings. The number of esters is 1. The molecular formula is C17H20N2O4. The Morgan fingerprint density at radius 2 is 1.96 bits per heavy atom. The van der Waals surface area contributed by atoms with E-state index in [1.807, 2.05) is 25.1 Å². The molecule has 0 unspecified atom stereocenters. The van der Waals surface area contributed by atoms with Crippen LogP contribution in [0.4, 0.5) is 5.69 Å². The van der Waals surface area contributed by atoms with Gasteiger partial charge in [-0.2, -0.15) is 0 Å². The number of nitrogens with zero attached hydrogens (tertiary/aromatic N) is 1. The van der Waals surface area contributed by atoms with Crippen LogP contribution in [0.5, 0.6) is 0 Å². The smallest absolute Gasteiger partial charge is 0.306 e. The average molecular weight is 316 g/mol. The van der Waals surface area contributed by atoms with Gasteiger partial charge >= 0.3 is 5.97 Å². The number of anilines is 1. The number of carbonyl (C=O) groups is 2. The van der Waals surface area contributed by atoms with Crippen molar-refractivity contribution in [3.05, 3.63) is 47.3 Å². The van der Waals surface area contributed by atoms with Crippen molar-refractivity contribution in [2.24, 2.45) is 0 Å². The van der Waals surface area contributed by atoms with Crippen LogP contribution in [0, 0.1) is 13.8 Å². The zero-order valence-electron chi connectivity index (χ0n) is 13.5. The van der Waals surface area contributed by atoms with E-state index in [1.165, 1.54) is 0 Å². The highest BCUT2D eigenvalue weighted by molar-refractivity contribution is 5.95. The van der Waals surface area contributed by atoms with Crippen molar-refractivity contribution in [2.75, 3.05) is 5.32 Å². The van der Waals surface area contributed by atoms with Gasteiger partial charge in [0.15, 0.2) is 6.10 Å². The number of rotatable bonds is 6. The van der Waals surface area contributed by atoms with E-state index in [2.05, 4.69) is 10.5 Å². The predicted octanol–water partition coefficient (Wildman–Crippen LogP) is 2.79. The number of amides is 1. The first kappa shape index (κ1) is 16.7. The largest absolute Gasteiger partial charge is 0.453 e. The molecule has 23 heavy (non-hydrogen) atoms. The summed E-state index contributed by atoms with van der Waals surface area (Å²) < 4.78 is 10.2. The summed E-state index contributed by atoms with van der Waals surface area (Å²) in [6, 6.07) is 9.02. The molecule has 1 aromatic carbocycles. The van der Waals surface area contributed by atoms with Gasteiger partial charge in [0.25, 0.3) is 5.91 Å². The van der Waals surface area contributed by atoms with Crippen molar-refractivity contribution < 1.29 is 18.8 Å². The van der Waals surface area contributed by atoms with E-state index in [1.54, 1.807) is 26.0 Å². The van der Waals surface area contributed by atoms with Gasteiger partial charge in [-0.25, -0.2) is 0 Å². The average Bonchev–Trinajstić information content (AvgIpc) is 2.85. The van der Waals surface area contributed by atoms with Crippen LogP contribution in [0.25, 0.3) is 0 Å². The molecule has 6 nitrogen and oxygen atoms in total. The van der Waals surface area contributed by atoms with E-state index in [9.17, 15) is 9.59 Å². The zero-order chi connectivity index (χ0) is 16.8. The zero-order valence-corrected chi connectivity index (χ0v) is 13.5.